The Hall–Kier alpha value is -1.10. The van der Waals surface area contributed by atoms with Gasteiger partial charge in [-0.2, -0.15) is 0 Å². The first kappa shape index (κ1) is 14.3. The number of nitrogens with zero attached hydrogens (tertiary/aromatic N) is 1. The van der Waals surface area contributed by atoms with Gasteiger partial charge in [0.25, 0.3) is 0 Å². The average Bonchev–Trinajstić information content (AvgIpc) is 2.46. The lowest BCUT2D eigenvalue weighted by atomic mass is 9.85. The zero-order valence-corrected chi connectivity index (χ0v) is 11.6. The Kier molecular flexibility index (Phi) is 5.19. The first-order valence-electron chi connectivity index (χ1n) is 7.47. The summed E-state index contributed by atoms with van der Waals surface area (Å²) in [6.45, 7) is 2.26. The molecular formula is C14H25N3O2. The second-order valence-corrected chi connectivity index (χ2v) is 5.77. The van der Waals surface area contributed by atoms with Crippen LogP contribution in [-0.4, -0.2) is 42.4 Å². The quantitative estimate of drug-likeness (QED) is 0.784. The molecule has 0 unspecified atom stereocenters. The monoisotopic (exact) mass is 267 g/mol. The maximum absolute atomic E-state index is 12.0. The third kappa shape index (κ3) is 4.20. The van der Waals surface area contributed by atoms with Crippen molar-refractivity contribution >= 4 is 11.8 Å². The minimum atomic E-state index is -0.178. The van der Waals surface area contributed by atoms with Crippen LogP contribution in [0.1, 0.15) is 44.9 Å². The molecule has 1 saturated heterocycles. The molecule has 2 fully saturated rings. The summed E-state index contributed by atoms with van der Waals surface area (Å²) in [7, 11) is 0. The van der Waals surface area contributed by atoms with Crippen LogP contribution >= 0.6 is 0 Å². The van der Waals surface area contributed by atoms with Crippen molar-refractivity contribution in [1.82, 2.24) is 10.2 Å². The molecule has 0 spiro atoms. The number of piperidine rings is 1. The van der Waals surface area contributed by atoms with Crippen LogP contribution in [-0.2, 0) is 9.59 Å². The molecule has 2 amide bonds. The number of likely N-dealkylation sites (tertiary alicyclic amines) is 1. The topological polar surface area (TPSA) is 75.4 Å². The maximum atomic E-state index is 12.0. The van der Waals surface area contributed by atoms with Crippen molar-refractivity contribution in [2.24, 2.45) is 11.7 Å². The number of hydrogen-bond acceptors (Lipinski definition) is 3. The standard InChI is InChI=1S/C14H25N3O2/c15-14(19)11-4-6-12(7-5-11)16-10-13(18)17-8-2-1-3-9-17/h11-12,16H,1-10H2,(H2,15,19). The summed E-state index contributed by atoms with van der Waals surface area (Å²) in [5.74, 6) is 0.0791. The SMILES string of the molecule is NC(=O)C1CCC(NCC(=O)N2CCCCC2)CC1. The molecule has 0 radical (unpaired) electrons. The van der Waals surface area contributed by atoms with Gasteiger partial charge >= 0.3 is 0 Å². The number of primary amides is 1. The van der Waals surface area contributed by atoms with Crippen molar-refractivity contribution < 1.29 is 9.59 Å². The van der Waals surface area contributed by atoms with Gasteiger partial charge < -0.3 is 16.0 Å². The van der Waals surface area contributed by atoms with Gasteiger partial charge in [0.1, 0.15) is 0 Å². The Labute approximate surface area is 114 Å². The molecule has 2 aliphatic rings. The Balaban J connectivity index is 1.66. The second-order valence-electron chi connectivity index (χ2n) is 5.77. The van der Waals surface area contributed by atoms with E-state index in [1.54, 1.807) is 0 Å². The highest BCUT2D eigenvalue weighted by molar-refractivity contribution is 5.78. The van der Waals surface area contributed by atoms with E-state index in [0.29, 0.717) is 12.6 Å². The largest absolute Gasteiger partial charge is 0.369 e. The molecule has 2 rings (SSSR count). The summed E-state index contributed by atoms with van der Waals surface area (Å²) in [5, 5.41) is 3.33. The van der Waals surface area contributed by atoms with E-state index < -0.39 is 0 Å². The minimum absolute atomic E-state index is 0.0378. The number of nitrogens with two attached hydrogens (primary N) is 1. The molecular weight excluding hydrogens is 242 g/mol. The highest BCUT2D eigenvalue weighted by Gasteiger charge is 2.25. The van der Waals surface area contributed by atoms with Crippen LogP contribution in [0.5, 0.6) is 0 Å². The van der Waals surface area contributed by atoms with E-state index >= 15 is 0 Å². The lowest BCUT2D eigenvalue weighted by molar-refractivity contribution is -0.131. The summed E-state index contributed by atoms with van der Waals surface area (Å²) in [6, 6.07) is 0.365. The maximum Gasteiger partial charge on any atom is 0.236 e. The Morgan fingerprint density at radius 2 is 1.68 bits per heavy atom. The molecule has 5 nitrogen and oxygen atoms in total. The fourth-order valence-corrected chi connectivity index (χ4v) is 3.07. The lowest BCUT2D eigenvalue weighted by Crippen LogP contribution is -2.45. The zero-order valence-electron chi connectivity index (χ0n) is 11.6. The molecule has 0 atom stereocenters. The molecule has 5 heteroatoms. The molecule has 1 aliphatic heterocycles. The van der Waals surface area contributed by atoms with Crippen LogP contribution < -0.4 is 11.1 Å². The third-order valence-corrected chi connectivity index (χ3v) is 4.38. The number of nitrogens with one attached hydrogen (secondary N) is 1. The number of carbonyl (C=O) groups is 2. The van der Waals surface area contributed by atoms with E-state index in [4.69, 9.17) is 5.73 Å². The molecule has 0 bridgehead atoms. The number of amides is 2. The zero-order chi connectivity index (χ0) is 13.7. The van der Waals surface area contributed by atoms with Gasteiger partial charge in [-0.15, -0.1) is 0 Å². The van der Waals surface area contributed by atoms with Crippen molar-refractivity contribution in [3.8, 4) is 0 Å². The molecule has 1 saturated carbocycles. The molecule has 108 valence electrons. The second kappa shape index (κ2) is 6.89. The van der Waals surface area contributed by atoms with Gasteiger partial charge in [0.15, 0.2) is 0 Å². The van der Waals surface area contributed by atoms with E-state index in [1.807, 2.05) is 4.90 Å². The Bertz CT molecular complexity index is 319. The van der Waals surface area contributed by atoms with E-state index in [1.165, 1.54) is 6.42 Å². The van der Waals surface area contributed by atoms with Crippen molar-refractivity contribution in [3.05, 3.63) is 0 Å². The first-order chi connectivity index (χ1) is 9.16. The third-order valence-electron chi connectivity index (χ3n) is 4.38. The predicted molar refractivity (Wildman–Crippen MR) is 73.4 cm³/mol. The smallest absolute Gasteiger partial charge is 0.236 e. The van der Waals surface area contributed by atoms with Gasteiger partial charge in [-0.3, -0.25) is 9.59 Å². The van der Waals surface area contributed by atoms with Gasteiger partial charge in [-0.25, -0.2) is 0 Å². The van der Waals surface area contributed by atoms with E-state index in [-0.39, 0.29) is 17.7 Å². The van der Waals surface area contributed by atoms with Crippen LogP contribution in [0.4, 0.5) is 0 Å². The molecule has 0 aromatic rings. The van der Waals surface area contributed by atoms with Crippen LogP contribution in [0.25, 0.3) is 0 Å². The van der Waals surface area contributed by atoms with Gasteiger partial charge in [0.05, 0.1) is 6.54 Å². The van der Waals surface area contributed by atoms with Gasteiger partial charge in [-0.05, 0) is 44.9 Å². The van der Waals surface area contributed by atoms with Crippen molar-refractivity contribution in [3.63, 3.8) is 0 Å². The van der Waals surface area contributed by atoms with E-state index in [9.17, 15) is 9.59 Å². The van der Waals surface area contributed by atoms with Crippen LogP contribution in [0.3, 0.4) is 0 Å². The Morgan fingerprint density at radius 3 is 2.26 bits per heavy atom. The molecule has 3 N–H and O–H groups in total. The molecule has 1 aliphatic carbocycles. The number of hydrogen-bond donors (Lipinski definition) is 2. The number of carbonyl (C=O) groups excluding carboxylic acids is 2. The Morgan fingerprint density at radius 1 is 1.05 bits per heavy atom. The molecule has 0 aromatic carbocycles. The highest BCUT2D eigenvalue weighted by atomic mass is 16.2. The van der Waals surface area contributed by atoms with Crippen LogP contribution in [0, 0.1) is 5.92 Å². The summed E-state index contributed by atoms with van der Waals surface area (Å²) in [5.41, 5.74) is 5.31. The fraction of sp³-hybridized carbons (Fsp3) is 0.857. The fourth-order valence-electron chi connectivity index (χ4n) is 3.07. The van der Waals surface area contributed by atoms with E-state index in [2.05, 4.69) is 5.32 Å². The van der Waals surface area contributed by atoms with Crippen molar-refractivity contribution in [2.45, 2.75) is 51.0 Å². The van der Waals surface area contributed by atoms with Crippen molar-refractivity contribution in [2.75, 3.05) is 19.6 Å². The summed E-state index contributed by atoms with van der Waals surface area (Å²) < 4.78 is 0. The summed E-state index contributed by atoms with van der Waals surface area (Å²) >= 11 is 0. The van der Waals surface area contributed by atoms with Crippen LogP contribution in [0.2, 0.25) is 0 Å². The minimum Gasteiger partial charge on any atom is -0.369 e. The summed E-state index contributed by atoms with van der Waals surface area (Å²) in [4.78, 5) is 25.0. The van der Waals surface area contributed by atoms with Gasteiger partial charge in [-0.1, -0.05) is 0 Å². The molecule has 0 aromatic heterocycles. The highest BCUT2D eigenvalue weighted by Crippen LogP contribution is 2.23. The number of rotatable bonds is 4. The van der Waals surface area contributed by atoms with Gasteiger partial charge in [0, 0.05) is 25.0 Å². The van der Waals surface area contributed by atoms with E-state index in [0.717, 1.165) is 51.6 Å². The molecule has 19 heavy (non-hydrogen) atoms. The lowest BCUT2D eigenvalue weighted by Gasteiger charge is -2.30. The first-order valence-corrected chi connectivity index (χ1v) is 7.47. The molecule has 1 heterocycles. The van der Waals surface area contributed by atoms with Gasteiger partial charge in [0.2, 0.25) is 11.8 Å². The average molecular weight is 267 g/mol. The summed E-state index contributed by atoms with van der Waals surface area (Å²) in [6.07, 6.45) is 7.11. The predicted octanol–water partition coefficient (Wildman–Crippen LogP) is 0.633. The normalized spacial score (nSPS) is 28.1. The van der Waals surface area contributed by atoms with Crippen LogP contribution in [0.15, 0.2) is 0 Å². The van der Waals surface area contributed by atoms with Crippen molar-refractivity contribution in [1.29, 1.82) is 0 Å².